The Balaban J connectivity index is 2.24. The van der Waals surface area contributed by atoms with Gasteiger partial charge in [-0.2, -0.15) is 0 Å². The Bertz CT molecular complexity index is 731. The van der Waals surface area contributed by atoms with E-state index in [2.05, 4.69) is 5.32 Å². The van der Waals surface area contributed by atoms with Gasteiger partial charge in [0, 0.05) is 17.8 Å². The van der Waals surface area contributed by atoms with E-state index in [1.54, 1.807) is 19.1 Å². The quantitative estimate of drug-likeness (QED) is 0.515. The van der Waals surface area contributed by atoms with Gasteiger partial charge in [-0.15, -0.1) is 0 Å². The molecule has 7 heteroatoms. The number of nitrogens with zero attached hydrogens (tertiary/aromatic N) is 1. The number of phenols is 1. The third kappa shape index (κ3) is 3.29. The molecule has 0 radical (unpaired) electrons. The number of phenolic OH excluding ortho intramolecular Hbond substituents is 1. The average molecular weight is 307 g/mol. The van der Waals surface area contributed by atoms with Crippen molar-refractivity contribution in [1.82, 2.24) is 0 Å². The fraction of sp³-hybridized carbons (Fsp3) is 0.0714. The summed E-state index contributed by atoms with van der Waals surface area (Å²) >= 11 is 5.89. The van der Waals surface area contributed by atoms with Crippen LogP contribution in [0, 0.1) is 17.0 Å². The van der Waals surface area contributed by atoms with Crippen LogP contribution in [-0.2, 0) is 0 Å². The Kier molecular flexibility index (Phi) is 4.09. The normalized spacial score (nSPS) is 10.2. The van der Waals surface area contributed by atoms with Gasteiger partial charge < -0.3 is 10.4 Å². The summed E-state index contributed by atoms with van der Waals surface area (Å²) in [6, 6.07) is 8.24. The predicted octanol–water partition coefficient (Wildman–Crippen LogP) is 3.51. The van der Waals surface area contributed by atoms with E-state index in [-0.39, 0.29) is 22.0 Å². The molecule has 0 fully saturated rings. The molecular formula is C14H11ClN2O4. The van der Waals surface area contributed by atoms with Gasteiger partial charge in [0.15, 0.2) is 0 Å². The second-order valence-corrected chi connectivity index (χ2v) is 4.78. The fourth-order valence-corrected chi connectivity index (χ4v) is 1.99. The van der Waals surface area contributed by atoms with E-state index >= 15 is 0 Å². The second-order valence-electron chi connectivity index (χ2n) is 4.38. The molecule has 2 aromatic carbocycles. The summed E-state index contributed by atoms with van der Waals surface area (Å²) in [5.74, 6) is -0.360. The van der Waals surface area contributed by atoms with Gasteiger partial charge in [-0.1, -0.05) is 11.6 Å². The van der Waals surface area contributed by atoms with Crippen molar-refractivity contribution in [2.45, 2.75) is 6.92 Å². The highest BCUT2D eigenvalue weighted by molar-refractivity contribution is 6.34. The molecule has 0 heterocycles. The minimum atomic E-state index is -0.586. The molecule has 0 aliphatic heterocycles. The van der Waals surface area contributed by atoms with E-state index in [0.29, 0.717) is 11.3 Å². The van der Waals surface area contributed by atoms with Crippen molar-refractivity contribution in [3.8, 4) is 5.75 Å². The highest BCUT2D eigenvalue weighted by Gasteiger charge is 2.15. The summed E-state index contributed by atoms with van der Waals surface area (Å²) in [5.41, 5.74) is 1.05. The molecule has 0 aliphatic rings. The molecule has 0 unspecified atom stereocenters. The van der Waals surface area contributed by atoms with E-state index in [0.717, 1.165) is 6.07 Å². The lowest BCUT2D eigenvalue weighted by molar-refractivity contribution is -0.384. The summed E-state index contributed by atoms with van der Waals surface area (Å²) in [4.78, 5) is 22.1. The SMILES string of the molecule is Cc1cc(NC(=O)c2ccc([N+](=O)[O-])cc2Cl)ccc1O. The lowest BCUT2D eigenvalue weighted by atomic mass is 10.1. The van der Waals surface area contributed by atoms with Gasteiger partial charge in [-0.05, 0) is 36.8 Å². The number of amides is 1. The molecule has 0 aliphatic carbocycles. The van der Waals surface area contributed by atoms with Crippen LogP contribution in [0.25, 0.3) is 0 Å². The molecule has 0 spiro atoms. The van der Waals surface area contributed by atoms with Crippen LogP contribution in [0.15, 0.2) is 36.4 Å². The molecule has 0 saturated carbocycles. The molecular weight excluding hydrogens is 296 g/mol. The highest BCUT2D eigenvalue weighted by atomic mass is 35.5. The number of halogens is 1. The average Bonchev–Trinajstić information content (AvgIpc) is 2.42. The van der Waals surface area contributed by atoms with Crippen LogP contribution < -0.4 is 5.32 Å². The number of nitrogens with one attached hydrogen (secondary N) is 1. The number of nitro benzene ring substituents is 1. The first-order valence-corrected chi connectivity index (χ1v) is 6.31. The Labute approximate surface area is 125 Å². The Hall–Kier alpha value is -2.60. The van der Waals surface area contributed by atoms with Crippen LogP contribution in [-0.4, -0.2) is 15.9 Å². The standard InChI is InChI=1S/C14H11ClN2O4/c1-8-6-9(2-5-13(8)18)16-14(19)11-4-3-10(17(20)21)7-12(11)15/h2-7,18H,1H3,(H,16,19). The molecule has 0 saturated heterocycles. The zero-order chi connectivity index (χ0) is 15.6. The third-order valence-corrected chi connectivity index (χ3v) is 3.18. The van der Waals surface area contributed by atoms with Crippen LogP contribution in [0.2, 0.25) is 5.02 Å². The molecule has 0 bridgehead atoms. The number of hydrogen-bond acceptors (Lipinski definition) is 4. The van der Waals surface area contributed by atoms with Gasteiger partial charge in [-0.25, -0.2) is 0 Å². The van der Waals surface area contributed by atoms with Gasteiger partial charge in [0.1, 0.15) is 5.75 Å². The van der Waals surface area contributed by atoms with Crippen molar-refractivity contribution in [3.05, 3.63) is 62.7 Å². The first-order valence-electron chi connectivity index (χ1n) is 5.93. The Morgan fingerprint density at radius 1 is 1.29 bits per heavy atom. The van der Waals surface area contributed by atoms with Crippen molar-refractivity contribution < 1.29 is 14.8 Å². The number of benzene rings is 2. The zero-order valence-corrected chi connectivity index (χ0v) is 11.7. The smallest absolute Gasteiger partial charge is 0.270 e. The number of nitro groups is 1. The van der Waals surface area contributed by atoms with Crippen molar-refractivity contribution >= 4 is 28.9 Å². The number of carbonyl (C=O) groups excluding carboxylic acids is 1. The van der Waals surface area contributed by atoms with Crippen LogP contribution in [0.5, 0.6) is 5.75 Å². The first-order chi connectivity index (χ1) is 9.88. The number of aryl methyl sites for hydroxylation is 1. The van der Waals surface area contributed by atoms with Crippen molar-refractivity contribution in [3.63, 3.8) is 0 Å². The molecule has 0 atom stereocenters. The molecule has 6 nitrogen and oxygen atoms in total. The molecule has 1 amide bonds. The van der Waals surface area contributed by atoms with E-state index in [1.165, 1.54) is 18.2 Å². The van der Waals surface area contributed by atoms with Crippen LogP contribution in [0.3, 0.4) is 0 Å². The lowest BCUT2D eigenvalue weighted by Crippen LogP contribution is -2.12. The van der Waals surface area contributed by atoms with Crippen molar-refractivity contribution in [2.75, 3.05) is 5.32 Å². The van der Waals surface area contributed by atoms with E-state index in [4.69, 9.17) is 11.6 Å². The maximum atomic E-state index is 12.1. The van der Waals surface area contributed by atoms with E-state index in [1.807, 2.05) is 0 Å². The van der Waals surface area contributed by atoms with Crippen LogP contribution in [0.1, 0.15) is 15.9 Å². The number of hydrogen-bond donors (Lipinski definition) is 2. The van der Waals surface area contributed by atoms with Gasteiger partial charge in [0.2, 0.25) is 0 Å². The number of anilines is 1. The van der Waals surface area contributed by atoms with Crippen LogP contribution >= 0.6 is 11.6 Å². The van der Waals surface area contributed by atoms with E-state index in [9.17, 15) is 20.0 Å². The minimum Gasteiger partial charge on any atom is -0.508 e. The molecule has 108 valence electrons. The Morgan fingerprint density at radius 2 is 2.00 bits per heavy atom. The molecule has 0 aromatic heterocycles. The summed E-state index contributed by atoms with van der Waals surface area (Å²) in [6.45, 7) is 1.70. The predicted molar refractivity (Wildman–Crippen MR) is 78.9 cm³/mol. The fourth-order valence-electron chi connectivity index (χ4n) is 1.73. The highest BCUT2D eigenvalue weighted by Crippen LogP contribution is 2.24. The molecule has 2 rings (SSSR count). The summed E-state index contributed by atoms with van der Waals surface area (Å²) in [7, 11) is 0. The maximum absolute atomic E-state index is 12.1. The van der Waals surface area contributed by atoms with Gasteiger partial charge in [0.25, 0.3) is 11.6 Å². The molecule has 2 aromatic rings. The largest absolute Gasteiger partial charge is 0.508 e. The number of rotatable bonds is 3. The Morgan fingerprint density at radius 3 is 2.57 bits per heavy atom. The lowest BCUT2D eigenvalue weighted by Gasteiger charge is -2.08. The summed E-state index contributed by atoms with van der Waals surface area (Å²) in [5, 5.41) is 22.7. The molecule has 2 N–H and O–H groups in total. The number of aromatic hydroxyl groups is 1. The summed E-state index contributed by atoms with van der Waals surface area (Å²) < 4.78 is 0. The number of carbonyl (C=O) groups is 1. The zero-order valence-electron chi connectivity index (χ0n) is 11.0. The first kappa shape index (κ1) is 14.8. The molecule has 21 heavy (non-hydrogen) atoms. The minimum absolute atomic E-state index is 0.00259. The van der Waals surface area contributed by atoms with Crippen LogP contribution in [0.4, 0.5) is 11.4 Å². The second kappa shape index (κ2) is 5.80. The van der Waals surface area contributed by atoms with Gasteiger partial charge in [0.05, 0.1) is 15.5 Å². The number of non-ortho nitro benzene ring substituents is 1. The topological polar surface area (TPSA) is 92.5 Å². The summed E-state index contributed by atoms with van der Waals surface area (Å²) in [6.07, 6.45) is 0. The maximum Gasteiger partial charge on any atom is 0.270 e. The third-order valence-electron chi connectivity index (χ3n) is 2.86. The van der Waals surface area contributed by atoms with Crippen molar-refractivity contribution in [1.29, 1.82) is 0 Å². The van der Waals surface area contributed by atoms with Crippen molar-refractivity contribution in [2.24, 2.45) is 0 Å². The van der Waals surface area contributed by atoms with Gasteiger partial charge >= 0.3 is 0 Å². The monoisotopic (exact) mass is 306 g/mol. The van der Waals surface area contributed by atoms with E-state index < -0.39 is 10.8 Å². The van der Waals surface area contributed by atoms with Gasteiger partial charge in [-0.3, -0.25) is 14.9 Å².